The average Bonchev–Trinajstić information content (AvgIpc) is 3.32. The second-order valence-electron chi connectivity index (χ2n) is 7.35. The van der Waals surface area contributed by atoms with E-state index >= 15 is 0 Å². The summed E-state index contributed by atoms with van der Waals surface area (Å²) < 4.78 is 2.19. The van der Waals surface area contributed by atoms with Gasteiger partial charge in [0.1, 0.15) is 11.3 Å². The van der Waals surface area contributed by atoms with E-state index in [2.05, 4.69) is 57.9 Å². The fraction of sp³-hybridized carbons (Fsp3) is 0.0417. The van der Waals surface area contributed by atoms with E-state index in [1.54, 1.807) is 0 Å². The molecule has 0 atom stereocenters. The predicted octanol–water partition coefficient (Wildman–Crippen LogP) is 5.16. The van der Waals surface area contributed by atoms with Crippen molar-refractivity contribution in [3.8, 4) is 11.1 Å². The second-order valence-corrected chi connectivity index (χ2v) is 7.35. The lowest BCUT2D eigenvalue weighted by atomic mass is 10.0. The van der Waals surface area contributed by atoms with Crippen LogP contribution in [-0.2, 0) is 6.42 Å². The topological polar surface area (TPSA) is 43.1 Å². The summed E-state index contributed by atoms with van der Waals surface area (Å²) in [5.74, 6) is 0. The molecular weight excluding hydrogens is 344 g/mol. The van der Waals surface area contributed by atoms with Crippen LogP contribution in [0.25, 0.3) is 49.7 Å². The number of hydrogen-bond acceptors (Lipinski definition) is 3. The lowest BCUT2D eigenvalue weighted by Gasteiger charge is -2.07. The van der Waals surface area contributed by atoms with E-state index in [0.29, 0.717) is 0 Å². The number of aromatic nitrogens is 4. The first kappa shape index (κ1) is 14.3. The van der Waals surface area contributed by atoms with Gasteiger partial charge in [0.2, 0.25) is 0 Å². The van der Waals surface area contributed by atoms with Crippen LogP contribution in [0, 0.1) is 0 Å². The van der Waals surface area contributed by atoms with Crippen LogP contribution in [0.1, 0.15) is 11.1 Å². The largest absolute Gasteiger partial charge is 0.276 e. The van der Waals surface area contributed by atoms with E-state index in [9.17, 15) is 0 Å². The Hall–Kier alpha value is -3.79. The van der Waals surface area contributed by atoms with Crippen LogP contribution in [0.4, 0.5) is 0 Å². The highest BCUT2D eigenvalue weighted by atomic mass is 15.1. The van der Waals surface area contributed by atoms with E-state index in [0.717, 1.165) is 45.0 Å². The first-order chi connectivity index (χ1) is 13.9. The van der Waals surface area contributed by atoms with Crippen LogP contribution in [0.5, 0.6) is 0 Å². The Kier molecular flexibility index (Phi) is 2.51. The van der Waals surface area contributed by atoms with Gasteiger partial charge in [-0.3, -0.25) is 9.38 Å². The quantitative estimate of drug-likeness (QED) is 0.352. The molecular formula is C24H14N4. The minimum atomic E-state index is 0.900. The number of imidazole rings is 1. The number of pyridine rings is 3. The lowest BCUT2D eigenvalue weighted by Crippen LogP contribution is -1.94. The van der Waals surface area contributed by atoms with Crippen molar-refractivity contribution < 1.29 is 0 Å². The summed E-state index contributed by atoms with van der Waals surface area (Å²) in [7, 11) is 0. The summed E-state index contributed by atoms with van der Waals surface area (Å²) in [6, 6.07) is 21.2. The van der Waals surface area contributed by atoms with Gasteiger partial charge in [0.05, 0.1) is 16.6 Å². The molecule has 0 bridgehead atoms. The molecule has 0 amide bonds. The molecule has 4 heteroatoms. The Morgan fingerprint density at radius 1 is 0.679 bits per heavy atom. The Balaban J connectivity index is 1.77. The molecule has 0 spiro atoms. The Morgan fingerprint density at radius 3 is 2.43 bits per heavy atom. The van der Waals surface area contributed by atoms with Gasteiger partial charge in [0.25, 0.3) is 0 Å². The van der Waals surface area contributed by atoms with Crippen molar-refractivity contribution in [1.29, 1.82) is 0 Å². The Morgan fingerprint density at radius 2 is 1.50 bits per heavy atom. The fourth-order valence-corrected chi connectivity index (χ4v) is 4.71. The van der Waals surface area contributed by atoms with Crippen molar-refractivity contribution in [1.82, 2.24) is 19.4 Å². The average molecular weight is 358 g/mol. The molecule has 0 saturated carbocycles. The highest BCUT2D eigenvalue weighted by molar-refractivity contribution is 6.12. The van der Waals surface area contributed by atoms with Gasteiger partial charge in [-0.1, -0.05) is 30.3 Å². The molecule has 1 aliphatic rings. The first-order valence-electron chi connectivity index (χ1n) is 9.44. The van der Waals surface area contributed by atoms with Gasteiger partial charge in [0.15, 0.2) is 0 Å². The number of hydrogen-bond donors (Lipinski definition) is 0. The fourth-order valence-electron chi connectivity index (χ4n) is 4.71. The van der Waals surface area contributed by atoms with Gasteiger partial charge in [-0.2, -0.15) is 0 Å². The molecule has 28 heavy (non-hydrogen) atoms. The van der Waals surface area contributed by atoms with Crippen LogP contribution in [0.15, 0.2) is 73.1 Å². The standard InChI is InChI=1S/C24H14N4/c1-2-6-16-14(5-1)13-15-9-10-19-22(20(15)16)27-24-18-8-3-11-25-21(18)17-7-4-12-26-23(17)28(19)24/h1-12H,13H2. The number of rotatable bonds is 0. The maximum Gasteiger partial charge on any atom is 0.149 e. The Labute approximate surface area is 160 Å². The predicted molar refractivity (Wildman–Crippen MR) is 112 cm³/mol. The molecule has 6 aromatic rings. The van der Waals surface area contributed by atoms with Crippen LogP contribution in [-0.4, -0.2) is 19.4 Å². The maximum atomic E-state index is 5.15. The molecule has 4 nitrogen and oxygen atoms in total. The molecule has 2 aromatic carbocycles. The molecule has 0 N–H and O–H groups in total. The zero-order valence-electron chi connectivity index (χ0n) is 14.9. The molecule has 0 unspecified atom stereocenters. The van der Waals surface area contributed by atoms with Crippen molar-refractivity contribution in [2.24, 2.45) is 0 Å². The zero-order valence-corrected chi connectivity index (χ0v) is 14.9. The number of fused-ring (bicyclic) bond motifs is 12. The molecule has 130 valence electrons. The molecule has 0 fully saturated rings. The van der Waals surface area contributed by atoms with Crippen molar-refractivity contribution in [3.05, 3.63) is 84.2 Å². The summed E-state index contributed by atoms with van der Waals surface area (Å²) >= 11 is 0. The van der Waals surface area contributed by atoms with E-state index in [4.69, 9.17) is 9.97 Å². The van der Waals surface area contributed by atoms with Crippen LogP contribution in [0.3, 0.4) is 0 Å². The minimum Gasteiger partial charge on any atom is -0.276 e. The molecule has 4 heterocycles. The molecule has 7 rings (SSSR count). The van der Waals surface area contributed by atoms with E-state index in [1.165, 1.54) is 22.3 Å². The monoisotopic (exact) mass is 358 g/mol. The van der Waals surface area contributed by atoms with Crippen LogP contribution < -0.4 is 0 Å². The van der Waals surface area contributed by atoms with Gasteiger partial charge in [0, 0.05) is 28.7 Å². The SMILES string of the molecule is c1ccc2c(c1)Cc1ccc3c(nc4c5cccnc5c5cccnc5n34)c1-2. The summed E-state index contributed by atoms with van der Waals surface area (Å²) in [5, 5.41) is 2.10. The third-order valence-corrected chi connectivity index (χ3v) is 5.88. The Bertz CT molecular complexity index is 1590. The van der Waals surface area contributed by atoms with Crippen molar-refractivity contribution in [2.75, 3.05) is 0 Å². The van der Waals surface area contributed by atoms with Crippen LogP contribution >= 0.6 is 0 Å². The summed E-state index contributed by atoms with van der Waals surface area (Å²) in [6.45, 7) is 0. The molecule has 1 aliphatic carbocycles. The molecule has 0 saturated heterocycles. The van der Waals surface area contributed by atoms with Crippen molar-refractivity contribution in [3.63, 3.8) is 0 Å². The highest BCUT2D eigenvalue weighted by Gasteiger charge is 2.24. The summed E-state index contributed by atoms with van der Waals surface area (Å²) in [6.07, 6.45) is 4.64. The number of benzene rings is 2. The highest BCUT2D eigenvalue weighted by Crippen LogP contribution is 2.42. The third kappa shape index (κ3) is 1.63. The second kappa shape index (κ2) is 4.93. The van der Waals surface area contributed by atoms with E-state index < -0.39 is 0 Å². The lowest BCUT2D eigenvalue weighted by molar-refractivity contribution is 1.22. The van der Waals surface area contributed by atoms with E-state index in [-0.39, 0.29) is 0 Å². The molecule has 4 aromatic heterocycles. The van der Waals surface area contributed by atoms with Gasteiger partial charge < -0.3 is 0 Å². The van der Waals surface area contributed by atoms with Gasteiger partial charge in [-0.15, -0.1) is 0 Å². The van der Waals surface area contributed by atoms with Crippen molar-refractivity contribution >= 4 is 38.6 Å². The van der Waals surface area contributed by atoms with Crippen LogP contribution in [0.2, 0.25) is 0 Å². The van der Waals surface area contributed by atoms with Gasteiger partial charge in [-0.25, -0.2) is 9.97 Å². The summed E-state index contributed by atoms with van der Waals surface area (Å²) in [5.41, 5.74) is 10.2. The number of nitrogens with zero attached hydrogens (tertiary/aromatic N) is 4. The van der Waals surface area contributed by atoms with Gasteiger partial charge >= 0.3 is 0 Å². The molecule has 0 aliphatic heterocycles. The maximum absolute atomic E-state index is 5.15. The smallest absolute Gasteiger partial charge is 0.149 e. The normalized spacial score (nSPS) is 12.9. The summed E-state index contributed by atoms with van der Waals surface area (Å²) in [4.78, 5) is 14.5. The van der Waals surface area contributed by atoms with Gasteiger partial charge in [-0.05, 0) is 53.4 Å². The molecule has 0 radical (unpaired) electrons. The van der Waals surface area contributed by atoms with Crippen molar-refractivity contribution in [2.45, 2.75) is 6.42 Å². The minimum absolute atomic E-state index is 0.900. The first-order valence-corrected chi connectivity index (χ1v) is 9.44. The zero-order chi connectivity index (χ0) is 18.2. The third-order valence-electron chi connectivity index (χ3n) is 5.88. The van der Waals surface area contributed by atoms with E-state index in [1.807, 2.05) is 24.5 Å².